The Morgan fingerprint density at radius 3 is 2.56 bits per heavy atom. The van der Waals surface area contributed by atoms with Crippen LogP contribution in [-0.4, -0.2) is 25.7 Å². The van der Waals surface area contributed by atoms with Crippen LogP contribution < -0.4 is 25.2 Å². The first kappa shape index (κ1) is 21.7. The first-order chi connectivity index (χ1) is 15.3. The van der Waals surface area contributed by atoms with Crippen LogP contribution in [0.1, 0.15) is 36.6 Å². The second-order valence-electron chi connectivity index (χ2n) is 8.29. The molecule has 0 saturated heterocycles. The minimum Gasteiger partial charge on any atom is -0.486 e. The summed E-state index contributed by atoms with van der Waals surface area (Å²) in [6.45, 7) is 8.64. The summed E-state index contributed by atoms with van der Waals surface area (Å²) in [7, 11) is 0. The summed E-state index contributed by atoms with van der Waals surface area (Å²) in [5.74, 6) is 1.81. The molecule has 1 aliphatic rings. The molecule has 7 heteroatoms. The van der Waals surface area contributed by atoms with Gasteiger partial charge < -0.3 is 23.9 Å². The molecule has 2 heterocycles. The maximum Gasteiger partial charge on any atom is 0.336 e. The van der Waals surface area contributed by atoms with Gasteiger partial charge >= 0.3 is 5.63 Å². The molecule has 2 aromatic carbocycles. The summed E-state index contributed by atoms with van der Waals surface area (Å²) in [4.78, 5) is 24.5. The molecule has 0 radical (unpaired) electrons. The molecule has 1 unspecified atom stereocenters. The lowest BCUT2D eigenvalue weighted by Crippen LogP contribution is -2.35. The molecule has 0 fully saturated rings. The zero-order valence-corrected chi connectivity index (χ0v) is 18.7. The van der Waals surface area contributed by atoms with Gasteiger partial charge in [0.25, 0.3) is 5.91 Å². The van der Waals surface area contributed by atoms with E-state index in [9.17, 15) is 9.59 Å². The SMILES string of the molecule is Cc1cc(=O)oc2c(C)c(OCC(=O)NC(c3ccc4c(c3)OCCO4)C(C)C)ccc12. The average Bonchev–Trinajstić information content (AvgIpc) is 2.77. The van der Waals surface area contributed by atoms with Crippen LogP contribution >= 0.6 is 0 Å². The van der Waals surface area contributed by atoms with E-state index in [1.165, 1.54) is 6.07 Å². The predicted octanol–water partition coefficient (Wildman–Crippen LogP) is 4.07. The number of rotatable bonds is 6. The number of carbonyl (C=O) groups excluding carboxylic acids is 1. The number of aryl methyl sites for hydroxylation is 2. The van der Waals surface area contributed by atoms with E-state index in [1.807, 2.05) is 52.0 Å². The lowest BCUT2D eigenvalue weighted by atomic mass is 9.95. The number of hydrogen-bond acceptors (Lipinski definition) is 6. The van der Waals surface area contributed by atoms with Crippen LogP contribution in [-0.2, 0) is 4.79 Å². The van der Waals surface area contributed by atoms with Crippen LogP contribution in [0, 0.1) is 19.8 Å². The van der Waals surface area contributed by atoms with E-state index >= 15 is 0 Å². The smallest absolute Gasteiger partial charge is 0.336 e. The molecule has 3 aromatic rings. The van der Waals surface area contributed by atoms with E-state index in [0.717, 1.165) is 16.5 Å². The van der Waals surface area contributed by atoms with Gasteiger partial charge in [0.1, 0.15) is 24.5 Å². The predicted molar refractivity (Wildman–Crippen MR) is 121 cm³/mol. The molecule has 32 heavy (non-hydrogen) atoms. The minimum atomic E-state index is -0.410. The molecule has 1 amide bonds. The van der Waals surface area contributed by atoms with Gasteiger partial charge in [-0.15, -0.1) is 0 Å². The lowest BCUT2D eigenvalue weighted by Gasteiger charge is -2.25. The van der Waals surface area contributed by atoms with Gasteiger partial charge in [0, 0.05) is 17.0 Å². The number of benzene rings is 2. The van der Waals surface area contributed by atoms with Crippen molar-refractivity contribution in [1.29, 1.82) is 0 Å². The largest absolute Gasteiger partial charge is 0.486 e. The van der Waals surface area contributed by atoms with Crippen molar-refractivity contribution in [3.8, 4) is 17.2 Å². The van der Waals surface area contributed by atoms with Crippen molar-refractivity contribution < 1.29 is 23.4 Å². The van der Waals surface area contributed by atoms with Gasteiger partial charge in [-0.25, -0.2) is 4.79 Å². The molecule has 4 rings (SSSR count). The highest BCUT2D eigenvalue weighted by molar-refractivity contribution is 5.85. The van der Waals surface area contributed by atoms with E-state index < -0.39 is 5.63 Å². The Balaban J connectivity index is 1.48. The molecule has 7 nitrogen and oxygen atoms in total. The number of hydrogen-bond donors (Lipinski definition) is 1. The van der Waals surface area contributed by atoms with Gasteiger partial charge in [-0.05, 0) is 55.2 Å². The molecule has 168 valence electrons. The van der Waals surface area contributed by atoms with Crippen LogP contribution in [0.2, 0.25) is 0 Å². The van der Waals surface area contributed by atoms with Crippen LogP contribution in [0.4, 0.5) is 0 Å². The zero-order chi connectivity index (χ0) is 22.8. The van der Waals surface area contributed by atoms with Crippen LogP contribution in [0.25, 0.3) is 11.0 Å². The van der Waals surface area contributed by atoms with Crippen molar-refractivity contribution in [1.82, 2.24) is 5.32 Å². The van der Waals surface area contributed by atoms with Gasteiger partial charge in [-0.3, -0.25) is 4.79 Å². The van der Waals surface area contributed by atoms with E-state index in [0.29, 0.717) is 41.6 Å². The van der Waals surface area contributed by atoms with E-state index in [2.05, 4.69) is 5.32 Å². The van der Waals surface area contributed by atoms with Gasteiger partial charge in [0.15, 0.2) is 18.1 Å². The third-order valence-corrected chi connectivity index (χ3v) is 5.59. The van der Waals surface area contributed by atoms with Crippen molar-refractivity contribution in [3.63, 3.8) is 0 Å². The average molecular weight is 437 g/mol. The highest BCUT2D eigenvalue weighted by Gasteiger charge is 2.22. The maximum absolute atomic E-state index is 12.7. The molecule has 1 aromatic heterocycles. The summed E-state index contributed by atoms with van der Waals surface area (Å²) in [5.41, 5.74) is 2.53. The topological polar surface area (TPSA) is 87.0 Å². The first-order valence-corrected chi connectivity index (χ1v) is 10.7. The number of ether oxygens (including phenoxy) is 3. The fraction of sp³-hybridized carbons (Fsp3) is 0.360. The Hall–Kier alpha value is -3.48. The van der Waals surface area contributed by atoms with E-state index in [4.69, 9.17) is 18.6 Å². The van der Waals surface area contributed by atoms with Crippen LogP contribution in [0.5, 0.6) is 17.2 Å². The van der Waals surface area contributed by atoms with Crippen molar-refractivity contribution in [2.75, 3.05) is 19.8 Å². The lowest BCUT2D eigenvalue weighted by molar-refractivity contribution is -0.124. The summed E-state index contributed by atoms with van der Waals surface area (Å²) in [6, 6.07) is 10.6. The van der Waals surface area contributed by atoms with Crippen molar-refractivity contribution >= 4 is 16.9 Å². The van der Waals surface area contributed by atoms with Crippen LogP contribution in [0.15, 0.2) is 45.6 Å². The van der Waals surface area contributed by atoms with Gasteiger partial charge in [-0.1, -0.05) is 19.9 Å². The van der Waals surface area contributed by atoms with Gasteiger partial charge in [0.2, 0.25) is 0 Å². The molecule has 0 saturated carbocycles. The Labute approximate surface area is 186 Å². The van der Waals surface area contributed by atoms with Gasteiger partial charge in [0.05, 0.1) is 6.04 Å². The third kappa shape index (κ3) is 4.42. The number of carbonyl (C=O) groups is 1. The van der Waals surface area contributed by atoms with E-state index in [1.54, 1.807) is 6.07 Å². The summed E-state index contributed by atoms with van der Waals surface area (Å²) in [5, 5.41) is 3.90. The second-order valence-corrected chi connectivity index (χ2v) is 8.29. The molecule has 1 atom stereocenters. The third-order valence-electron chi connectivity index (χ3n) is 5.59. The van der Waals surface area contributed by atoms with Crippen molar-refractivity contribution in [2.24, 2.45) is 5.92 Å². The Kier molecular flexibility index (Phi) is 6.08. The first-order valence-electron chi connectivity index (χ1n) is 10.7. The Bertz CT molecular complexity index is 1210. The normalized spacial score (nSPS) is 13.8. The van der Waals surface area contributed by atoms with Crippen molar-refractivity contribution in [2.45, 2.75) is 33.7 Å². The number of nitrogens with one attached hydrogen (secondary N) is 1. The molecule has 1 aliphatic heterocycles. The maximum atomic E-state index is 12.7. The number of fused-ring (bicyclic) bond motifs is 2. The highest BCUT2D eigenvalue weighted by atomic mass is 16.6. The van der Waals surface area contributed by atoms with Crippen molar-refractivity contribution in [3.05, 3.63) is 63.5 Å². The minimum absolute atomic E-state index is 0.154. The molecular weight excluding hydrogens is 410 g/mol. The second kappa shape index (κ2) is 8.94. The van der Waals surface area contributed by atoms with Gasteiger partial charge in [-0.2, -0.15) is 0 Å². The molecule has 0 bridgehead atoms. The number of amides is 1. The van der Waals surface area contributed by atoms with Crippen LogP contribution in [0.3, 0.4) is 0 Å². The Morgan fingerprint density at radius 1 is 1.06 bits per heavy atom. The van der Waals surface area contributed by atoms with E-state index in [-0.39, 0.29) is 24.5 Å². The fourth-order valence-electron chi connectivity index (χ4n) is 3.90. The monoisotopic (exact) mass is 437 g/mol. The summed E-state index contributed by atoms with van der Waals surface area (Å²) >= 11 is 0. The Morgan fingerprint density at radius 2 is 1.81 bits per heavy atom. The molecule has 0 spiro atoms. The fourth-order valence-corrected chi connectivity index (χ4v) is 3.90. The zero-order valence-electron chi connectivity index (χ0n) is 18.7. The standard InChI is InChI=1S/C25H27NO6/c1-14(2)24(17-5-7-20-21(12-17)30-10-9-29-20)26-22(27)13-31-19-8-6-18-15(3)11-23(28)32-25(18)16(19)4/h5-8,11-12,14,24H,9-10,13H2,1-4H3,(H,26,27). The molecule has 1 N–H and O–H groups in total. The highest BCUT2D eigenvalue weighted by Crippen LogP contribution is 2.34. The summed E-state index contributed by atoms with van der Waals surface area (Å²) in [6.07, 6.45) is 0. The quantitative estimate of drug-likeness (QED) is 0.585. The molecule has 0 aliphatic carbocycles. The summed E-state index contributed by atoms with van der Waals surface area (Å²) < 4.78 is 22.4. The molecular formula is C25H27NO6.